The largest absolute Gasteiger partial charge is 0.504 e. The number of phenolic OH excluding ortho intramolecular Hbond substituents is 2. The number of carboxylic acids is 1. The number of benzene rings is 1. The highest BCUT2D eigenvalue weighted by Crippen LogP contribution is 2.39. The zero-order chi connectivity index (χ0) is 15.8. The van der Waals surface area contributed by atoms with Gasteiger partial charge in [0, 0.05) is 18.7 Å². The Bertz CT molecular complexity index is 583. The Hall–Kier alpha value is -2.24. The third-order valence-corrected chi connectivity index (χ3v) is 4.34. The molecule has 0 radical (unpaired) electrons. The summed E-state index contributed by atoms with van der Waals surface area (Å²) in [4.78, 5) is 25.4. The molecular weight excluding hydrogens is 274 g/mol. The average Bonchev–Trinajstić information content (AvgIpc) is 2.87. The van der Waals surface area contributed by atoms with E-state index in [4.69, 9.17) is 0 Å². The summed E-state index contributed by atoms with van der Waals surface area (Å²) in [5.41, 5.74) is -0.690. The summed E-state index contributed by atoms with van der Waals surface area (Å²) >= 11 is 0. The SMILES string of the molecule is CC(C)C1(C(=O)O)CCN(C(=O)c2ccc(O)c(O)c2)C1. The quantitative estimate of drug-likeness (QED) is 0.736. The predicted octanol–water partition coefficient (Wildman–Crippen LogP) is 1.67. The Morgan fingerprint density at radius 1 is 1.24 bits per heavy atom. The van der Waals surface area contributed by atoms with E-state index in [1.807, 2.05) is 13.8 Å². The van der Waals surface area contributed by atoms with E-state index in [9.17, 15) is 24.9 Å². The molecule has 2 rings (SSSR count). The molecule has 1 saturated heterocycles. The van der Waals surface area contributed by atoms with Gasteiger partial charge in [-0.1, -0.05) is 13.8 Å². The Morgan fingerprint density at radius 3 is 2.38 bits per heavy atom. The molecule has 1 aliphatic rings. The number of amides is 1. The van der Waals surface area contributed by atoms with Crippen LogP contribution in [-0.4, -0.2) is 45.2 Å². The summed E-state index contributed by atoms with van der Waals surface area (Å²) in [5.74, 6) is -1.97. The zero-order valence-electron chi connectivity index (χ0n) is 12.0. The van der Waals surface area contributed by atoms with Gasteiger partial charge in [-0.15, -0.1) is 0 Å². The number of phenols is 2. The third-order valence-electron chi connectivity index (χ3n) is 4.34. The molecule has 1 aliphatic heterocycles. The number of carboxylic acid groups (broad SMARTS) is 1. The zero-order valence-corrected chi connectivity index (χ0v) is 12.0. The number of aliphatic carboxylic acids is 1. The standard InChI is InChI=1S/C15H19NO5/c1-9(2)15(14(20)21)5-6-16(8-15)13(19)10-3-4-11(17)12(18)7-10/h3-4,7,9,17-18H,5-6,8H2,1-2H3,(H,20,21). The average molecular weight is 293 g/mol. The van der Waals surface area contributed by atoms with E-state index in [0.717, 1.165) is 0 Å². The normalized spacial score (nSPS) is 21.8. The highest BCUT2D eigenvalue weighted by Gasteiger charge is 2.48. The van der Waals surface area contributed by atoms with E-state index >= 15 is 0 Å². The maximum atomic E-state index is 12.4. The first-order valence-corrected chi connectivity index (χ1v) is 6.82. The molecular formula is C15H19NO5. The van der Waals surface area contributed by atoms with Gasteiger partial charge in [0.15, 0.2) is 11.5 Å². The van der Waals surface area contributed by atoms with Crippen LogP contribution in [-0.2, 0) is 4.79 Å². The molecule has 6 nitrogen and oxygen atoms in total. The van der Waals surface area contributed by atoms with Crippen LogP contribution in [0.15, 0.2) is 18.2 Å². The predicted molar refractivity (Wildman–Crippen MR) is 75.2 cm³/mol. The third kappa shape index (κ3) is 2.53. The first-order valence-electron chi connectivity index (χ1n) is 6.82. The van der Waals surface area contributed by atoms with Crippen molar-refractivity contribution in [2.45, 2.75) is 20.3 Å². The van der Waals surface area contributed by atoms with Crippen molar-refractivity contribution < 1.29 is 24.9 Å². The molecule has 1 fully saturated rings. The van der Waals surface area contributed by atoms with Crippen LogP contribution in [0.1, 0.15) is 30.6 Å². The minimum Gasteiger partial charge on any atom is -0.504 e. The van der Waals surface area contributed by atoms with Gasteiger partial charge in [-0.25, -0.2) is 0 Å². The Morgan fingerprint density at radius 2 is 1.90 bits per heavy atom. The van der Waals surface area contributed by atoms with Crippen molar-refractivity contribution in [2.24, 2.45) is 11.3 Å². The molecule has 0 bridgehead atoms. The van der Waals surface area contributed by atoms with Crippen molar-refractivity contribution >= 4 is 11.9 Å². The number of carbonyl (C=O) groups is 2. The summed E-state index contributed by atoms with van der Waals surface area (Å²) < 4.78 is 0. The molecule has 1 aromatic carbocycles. The number of hydrogen-bond donors (Lipinski definition) is 3. The second-order valence-corrected chi connectivity index (χ2v) is 5.80. The Balaban J connectivity index is 2.22. The number of aromatic hydroxyl groups is 2. The number of hydrogen-bond acceptors (Lipinski definition) is 4. The fraction of sp³-hybridized carbons (Fsp3) is 0.467. The van der Waals surface area contributed by atoms with E-state index in [1.54, 1.807) is 0 Å². The lowest BCUT2D eigenvalue weighted by Gasteiger charge is -2.28. The van der Waals surface area contributed by atoms with Gasteiger partial charge in [-0.3, -0.25) is 9.59 Å². The molecule has 1 unspecified atom stereocenters. The molecule has 0 aliphatic carbocycles. The van der Waals surface area contributed by atoms with Crippen LogP contribution in [0.5, 0.6) is 11.5 Å². The molecule has 3 N–H and O–H groups in total. The molecule has 6 heteroatoms. The summed E-state index contributed by atoms with van der Waals surface area (Å²) in [7, 11) is 0. The molecule has 1 amide bonds. The summed E-state index contributed by atoms with van der Waals surface area (Å²) in [5, 5.41) is 28.2. The maximum Gasteiger partial charge on any atom is 0.311 e. The number of rotatable bonds is 3. The number of nitrogens with zero attached hydrogens (tertiary/aromatic N) is 1. The molecule has 21 heavy (non-hydrogen) atoms. The van der Waals surface area contributed by atoms with Crippen LogP contribution in [0.25, 0.3) is 0 Å². The van der Waals surface area contributed by atoms with Gasteiger partial charge in [0.2, 0.25) is 0 Å². The lowest BCUT2D eigenvalue weighted by atomic mass is 9.76. The fourth-order valence-electron chi connectivity index (χ4n) is 2.74. The minimum absolute atomic E-state index is 0.0824. The van der Waals surface area contributed by atoms with Crippen molar-refractivity contribution in [1.82, 2.24) is 4.90 Å². The minimum atomic E-state index is -0.922. The van der Waals surface area contributed by atoms with Gasteiger partial charge < -0.3 is 20.2 Å². The van der Waals surface area contributed by atoms with E-state index < -0.39 is 11.4 Å². The first kappa shape index (κ1) is 15.2. The molecule has 0 spiro atoms. The maximum absolute atomic E-state index is 12.4. The van der Waals surface area contributed by atoms with Crippen LogP contribution < -0.4 is 0 Å². The Kier molecular flexibility index (Phi) is 3.80. The lowest BCUT2D eigenvalue weighted by molar-refractivity contribution is -0.150. The van der Waals surface area contributed by atoms with Crippen LogP contribution in [0.3, 0.4) is 0 Å². The molecule has 1 aromatic rings. The van der Waals surface area contributed by atoms with Crippen LogP contribution >= 0.6 is 0 Å². The van der Waals surface area contributed by atoms with E-state index in [1.165, 1.54) is 23.1 Å². The highest BCUT2D eigenvalue weighted by atomic mass is 16.4. The highest BCUT2D eigenvalue weighted by molar-refractivity contribution is 5.95. The van der Waals surface area contributed by atoms with Crippen LogP contribution in [0.4, 0.5) is 0 Å². The topological polar surface area (TPSA) is 98.1 Å². The van der Waals surface area contributed by atoms with Crippen molar-refractivity contribution in [3.63, 3.8) is 0 Å². The van der Waals surface area contributed by atoms with Gasteiger partial charge in [-0.2, -0.15) is 0 Å². The summed E-state index contributed by atoms with van der Waals surface area (Å²) in [6, 6.07) is 3.84. The van der Waals surface area contributed by atoms with E-state index in [2.05, 4.69) is 0 Å². The molecule has 0 aromatic heterocycles. The summed E-state index contributed by atoms with van der Waals surface area (Å²) in [6.07, 6.45) is 0.413. The van der Waals surface area contributed by atoms with Crippen molar-refractivity contribution in [3.05, 3.63) is 23.8 Å². The van der Waals surface area contributed by atoms with Gasteiger partial charge >= 0.3 is 5.97 Å². The van der Waals surface area contributed by atoms with E-state index in [-0.39, 0.29) is 35.4 Å². The smallest absolute Gasteiger partial charge is 0.311 e. The van der Waals surface area contributed by atoms with Gasteiger partial charge in [0.1, 0.15) is 0 Å². The van der Waals surface area contributed by atoms with Crippen molar-refractivity contribution in [3.8, 4) is 11.5 Å². The van der Waals surface area contributed by atoms with E-state index in [0.29, 0.717) is 13.0 Å². The molecule has 1 atom stereocenters. The monoisotopic (exact) mass is 293 g/mol. The number of likely N-dealkylation sites (tertiary alicyclic amines) is 1. The Labute approximate surface area is 122 Å². The summed E-state index contributed by atoms with van der Waals surface area (Å²) in [6.45, 7) is 4.20. The fourth-order valence-corrected chi connectivity index (χ4v) is 2.74. The van der Waals surface area contributed by atoms with Crippen LogP contribution in [0, 0.1) is 11.3 Å². The second-order valence-electron chi connectivity index (χ2n) is 5.80. The van der Waals surface area contributed by atoms with Crippen molar-refractivity contribution in [2.75, 3.05) is 13.1 Å². The number of carbonyl (C=O) groups excluding carboxylic acids is 1. The molecule has 0 saturated carbocycles. The molecule has 114 valence electrons. The molecule has 1 heterocycles. The lowest BCUT2D eigenvalue weighted by Crippen LogP contribution is -2.40. The van der Waals surface area contributed by atoms with Crippen LogP contribution in [0.2, 0.25) is 0 Å². The first-order chi connectivity index (χ1) is 9.78. The second kappa shape index (κ2) is 5.27. The van der Waals surface area contributed by atoms with Gasteiger partial charge in [-0.05, 0) is 30.5 Å². The van der Waals surface area contributed by atoms with Gasteiger partial charge in [0.05, 0.1) is 5.41 Å². The van der Waals surface area contributed by atoms with Gasteiger partial charge in [0.25, 0.3) is 5.91 Å². The van der Waals surface area contributed by atoms with Crippen molar-refractivity contribution in [1.29, 1.82) is 0 Å².